The molecule has 2 aromatic heterocycles. The molecule has 0 unspecified atom stereocenters. The Morgan fingerprint density at radius 3 is 2.59 bits per heavy atom. The van der Waals surface area contributed by atoms with Crippen molar-refractivity contribution in [2.45, 2.75) is 38.4 Å². The van der Waals surface area contributed by atoms with E-state index in [1.807, 2.05) is 0 Å². The van der Waals surface area contributed by atoms with Gasteiger partial charge < -0.3 is 10.1 Å². The van der Waals surface area contributed by atoms with Gasteiger partial charge in [0.2, 0.25) is 5.88 Å². The van der Waals surface area contributed by atoms with E-state index < -0.39 is 18.7 Å². The molecular weight excluding hydrogens is 387 g/mol. The predicted molar refractivity (Wildman–Crippen MR) is 97.2 cm³/mol. The van der Waals surface area contributed by atoms with Crippen molar-refractivity contribution in [1.82, 2.24) is 15.3 Å². The minimum atomic E-state index is -4.45. The number of halogens is 3. The molecule has 0 aromatic carbocycles. The molecule has 1 aliphatic rings. The van der Waals surface area contributed by atoms with E-state index in [1.54, 1.807) is 18.3 Å². The van der Waals surface area contributed by atoms with Crippen LogP contribution in [0.5, 0.6) is 5.88 Å². The number of amides is 1. The Hall–Kier alpha value is -2.97. The number of alkyl halides is 3. The van der Waals surface area contributed by atoms with E-state index in [4.69, 9.17) is 0 Å². The smallest absolute Gasteiger partial charge is 0.422 e. The van der Waals surface area contributed by atoms with Gasteiger partial charge in [0.25, 0.3) is 5.91 Å². The van der Waals surface area contributed by atoms with Gasteiger partial charge in [0.15, 0.2) is 6.61 Å². The molecule has 0 spiro atoms. The van der Waals surface area contributed by atoms with Crippen molar-refractivity contribution in [3.05, 3.63) is 53.5 Å². The summed E-state index contributed by atoms with van der Waals surface area (Å²) in [6.45, 7) is -1.22. The third-order valence-corrected chi connectivity index (χ3v) is 4.63. The summed E-state index contributed by atoms with van der Waals surface area (Å²) in [5.41, 5.74) is 1.66. The Bertz CT molecular complexity index is 865. The van der Waals surface area contributed by atoms with Crippen molar-refractivity contribution in [3.8, 4) is 5.88 Å². The molecule has 1 amide bonds. The van der Waals surface area contributed by atoms with Gasteiger partial charge in [-0.05, 0) is 36.6 Å². The average molecular weight is 407 g/mol. The number of hydrogen-bond donors (Lipinski definition) is 1. The summed E-state index contributed by atoms with van der Waals surface area (Å²) in [7, 11) is 0. The Labute approximate surface area is 165 Å². The zero-order valence-corrected chi connectivity index (χ0v) is 15.5. The molecule has 2 aromatic rings. The molecular formula is C20H20F3N3O3. The Kier molecular flexibility index (Phi) is 6.46. The van der Waals surface area contributed by atoms with Crippen LogP contribution >= 0.6 is 0 Å². The van der Waals surface area contributed by atoms with Crippen molar-refractivity contribution < 1.29 is 27.5 Å². The molecule has 0 saturated heterocycles. The topological polar surface area (TPSA) is 81.2 Å². The van der Waals surface area contributed by atoms with Crippen molar-refractivity contribution in [1.29, 1.82) is 0 Å². The van der Waals surface area contributed by atoms with Crippen LogP contribution in [-0.4, -0.2) is 34.4 Å². The van der Waals surface area contributed by atoms with Crippen LogP contribution in [0.2, 0.25) is 0 Å². The number of ketones is 1. The fourth-order valence-corrected chi connectivity index (χ4v) is 2.83. The van der Waals surface area contributed by atoms with Crippen LogP contribution in [0.25, 0.3) is 0 Å². The maximum Gasteiger partial charge on any atom is 0.422 e. The van der Waals surface area contributed by atoms with Crippen molar-refractivity contribution in [3.63, 3.8) is 0 Å². The summed E-state index contributed by atoms with van der Waals surface area (Å²) in [4.78, 5) is 32.2. The summed E-state index contributed by atoms with van der Waals surface area (Å²) >= 11 is 0. The Balaban J connectivity index is 1.51. The summed E-state index contributed by atoms with van der Waals surface area (Å²) in [5.74, 6) is -0.294. The Morgan fingerprint density at radius 2 is 1.97 bits per heavy atom. The fraction of sp³-hybridized carbons (Fsp3) is 0.400. The third kappa shape index (κ3) is 6.27. The van der Waals surface area contributed by atoms with Crippen molar-refractivity contribution in [2.24, 2.45) is 5.92 Å². The molecule has 0 atom stereocenters. The zero-order valence-electron chi connectivity index (χ0n) is 15.5. The number of hydrogen-bond acceptors (Lipinski definition) is 5. The lowest BCUT2D eigenvalue weighted by atomic mass is 9.81. The second-order valence-electron chi connectivity index (χ2n) is 6.90. The SMILES string of the molecule is O=C(NCc1ccnc(CC(=O)C2CCC2)c1)c1ccc(OCC(F)(F)F)nc1. The first-order chi connectivity index (χ1) is 13.8. The third-order valence-electron chi connectivity index (χ3n) is 4.63. The van der Waals surface area contributed by atoms with Gasteiger partial charge in [-0.1, -0.05) is 6.42 Å². The molecule has 9 heteroatoms. The molecule has 1 saturated carbocycles. The highest BCUT2D eigenvalue weighted by Gasteiger charge is 2.28. The van der Waals surface area contributed by atoms with E-state index in [9.17, 15) is 22.8 Å². The quantitative estimate of drug-likeness (QED) is 0.727. The van der Waals surface area contributed by atoms with Gasteiger partial charge in [0, 0.05) is 43.0 Å². The summed E-state index contributed by atoms with van der Waals surface area (Å²) < 4.78 is 40.9. The highest BCUT2D eigenvalue weighted by molar-refractivity contribution is 5.93. The standard InChI is InChI=1S/C20H20F3N3O3/c21-20(22,23)12-29-18-5-4-15(11-25-18)19(28)26-10-13-6-7-24-16(8-13)9-17(27)14-2-1-3-14/h4-8,11,14H,1-3,9-10,12H2,(H,26,28). The van der Waals surface area contributed by atoms with Gasteiger partial charge in [-0.3, -0.25) is 14.6 Å². The zero-order chi connectivity index (χ0) is 20.9. The van der Waals surface area contributed by atoms with E-state index in [2.05, 4.69) is 20.0 Å². The van der Waals surface area contributed by atoms with Crippen LogP contribution in [0, 0.1) is 5.92 Å². The van der Waals surface area contributed by atoms with Gasteiger partial charge in [-0.25, -0.2) is 4.98 Å². The van der Waals surface area contributed by atoms with Crippen molar-refractivity contribution in [2.75, 3.05) is 6.61 Å². The fourth-order valence-electron chi connectivity index (χ4n) is 2.83. The first-order valence-electron chi connectivity index (χ1n) is 9.20. The molecule has 2 heterocycles. The van der Waals surface area contributed by atoms with Crippen LogP contribution in [-0.2, 0) is 17.8 Å². The van der Waals surface area contributed by atoms with Crippen LogP contribution in [0.15, 0.2) is 36.7 Å². The molecule has 1 aliphatic carbocycles. The van der Waals surface area contributed by atoms with E-state index in [1.165, 1.54) is 12.1 Å². The van der Waals surface area contributed by atoms with Gasteiger partial charge in [0.1, 0.15) is 5.78 Å². The average Bonchev–Trinajstić information content (AvgIpc) is 2.63. The van der Waals surface area contributed by atoms with E-state index in [-0.39, 0.29) is 36.1 Å². The van der Waals surface area contributed by atoms with Gasteiger partial charge >= 0.3 is 6.18 Å². The molecule has 1 fully saturated rings. The lowest BCUT2D eigenvalue weighted by molar-refractivity contribution is -0.154. The van der Waals surface area contributed by atoms with Crippen LogP contribution in [0.3, 0.4) is 0 Å². The van der Waals surface area contributed by atoms with Crippen LogP contribution in [0.1, 0.15) is 40.9 Å². The lowest BCUT2D eigenvalue weighted by Gasteiger charge is -2.23. The Morgan fingerprint density at radius 1 is 1.17 bits per heavy atom. The van der Waals surface area contributed by atoms with Crippen LogP contribution in [0.4, 0.5) is 13.2 Å². The van der Waals surface area contributed by atoms with E-state index >= 15 is 0 Å². The second-order valence-corrected chi connectivity index (χ2v) is 6.90. The first-order valence-corrected chi connectivity index (χ1v) is 9.20. The predicted octanol–water partition coefficient (Wildman–Crippen LogP) is 3.26. The largest absolute Gasteiger partial charge is 0.468 e. The minimum absolute atomic E-state index is 0.149. The second kappa shape index (κ2) is 9.02. The number of carbonyl (C=O) groups is 2. The molecule has 154 valence electrons. The maximum absolute atomic E-state index is 12.2. The number of Topliss-reactive ketones (excluding diaryl/α,β-unsaturated/α-hetero) is 1. The van der Waals surface area contributed by atoms with Crippen molar-refractivity contribution >= 4 is 11.7 Å². The van der Waals surface area contributed by atoms with Gasteiger partial charge in [-0.2, -0.15) is 13.2 Å². The molecule has 1 N–H and O–H groups in total. The van der Waals surface area contributed by atoms with Gasteiger partial charge in [0.05, 0.1) is 5.56 Å². The molecule has 0 aliphatic heterocycles. The summed E-state index contributed by atoms with van der Waals surface area (Å²) in [6, 6.07) is 6.06. The number of pyridine rings is 2. The van der Waals surface area contributed by atoms with E-state index in [0.29, 0.717) is 5.69 Å². The highest BCUT2D eigenvalue weighted by atomic mass is 19.4. The maximum atomic E-state index is 12.2. The molecule has 3 rings (SSSR count). The molecule has 0 radical (unpaired) electrons. The summed E-state index contributed by atoms with van der Waals surface area (Å²) in [5, 5.41) is 2.70. The number of carbonyl (C=O) groups excluding carboxylic acids is 2. The molecule has 0 bridgehead atoms. The monoisotopic (exact) mass is 407 g/mol. The number of aromatic nitrogens is 2. The number of rotatable bonds is 8. The number of ether oxygens (including phenoxy) is 1. The van der Waals surface area contributed by atoms with Gasteiger partial charge in [-0.15, -0.1) is 0 Å². The first kappa shape index (κ1) is 20.8. The lowest BCUT2D eigenvalue weighted by Crippen LogP contribution is -2.24. The normalized spacial score (nSPS) is 14.2. The highest BCUT2D eigenvalue weighted by Crippen LogP contribution is 2.28. The summed E-state index contributed by atoms with van der Waals surface area (Å²) in [6.07, 6.45) is 1.57. The number of nitrogens with zero attached hydrogens (tertiary/aromatic N) is 2. The molecule has 29 heavy (non-hydrogen) atoms. The molecule has 6 nitrogen and oxygen atoms in total. The van der Waals surface area contributed by atoms with Crippen LogP contribution < -0.4 is 10.1 Å². The number of nitrogens with one attached hydrogen (secondary N) is 1. The minimum Gasteiger partial charge on any atom is -0.468 e. The van der Waals surface area contributed by atoms with E-state index in [0.717, 1.165) is 31.0 Å².